The quantitative estimate of drug-likeness (QED) is 0.730. The molecule has 0 aliphatic carbocycles. The Kier molecular flexibility index (Phi) is 5.21. The third-order valence-corrected chi connectivity index (χ3v) is 5.24. The molecule has 0 atom stereocenters. The van der Waals surface area contributed by atoms with Gasteiger partial charge >= 0.3 is 0 Å². The number of carbonyl (C=O) groups excluding carboxylic acids is 1. The van der Waals surface area contributed by atoms with E-state index in [1.165, 1.54) is 0 Å². The van der Waals surface area contributed by atoms with Crippen LogP contribution in [0, 0.1) is 0 Å². The van der Waals surface area contributed by atoms with Crippen LogP contribution in [0.15, 0.2) is 54.7 Å². The highest BCUT2D eigenvalue weighted by Crippen LogP contribution is 2.26. The first kappa shape index (κ1) is 18.4. The minimum Gasteiger partial charge on any atom is -0.497 e. The van der Waals surface area contributed by atoms with Gasteiger partial charge in [0.25, 0.3) is 5.91 Å². The van der Waals surface area contributed by atoms with Crippen LogP contribution < -0.4 is 9.64 Å². The Balaban J connectivity index is 1.46. The molecule has 0 spiro atoms. The van der Waals surface area contributed by atoms with E-state index in [1.807, 2.05) is 35.2 Å². The van der Waals surface area contributed by atoms with E-state index in [2.05, 4.69) is 21.2 Å². The maximum atomic E-state index is 13.1. The van der Waals surface area contributed by atoms with Crippen molar-refractivity contribution in [1.29, 1.82) is 0 Å². The van der Waals surface area contributed by atoms with Gasteiger partial charge in [-0.15, -0.1) is 0 Å². The van der Waals surface area contributed by atoms with Gasteiger partial charge in [0, 0.05) is 48.5 Å². The van der Waals surface area contributed by atoms with Crippen LogP contribution in [0.4, 0.5) is 5.69 Å². The molecule has 0 bridgehead atoms. The molecule has 1 fully saturated rings. The molecular weight excluding hydrogens is 376 g/mol. The smallest absolute Gasteiger partial charge is 0.257 e. The van der Waals surface area contributed by atoms with Gasteiger partial charge in [0.2, 0.25) is 0 Å². The molecule has 1 aliphatic rings. The first-order valence-corrected chi connectivity index (χ1v) is 9.51. The van der Waals surface area contributed by atoms with Gasteiger partial charge in [-0.25, -0.2) is 0 Å². The summed E-state index contributed by atoms with van der Waals surface area (Å²) >= 11 is 5.97. The third kappa shape index (κ3) is 3.68. The van der Waals surface area contributed by atoms with Crippen LogP contribution in [0.3, 0.4) is 0 Å². The molecule has 0 unspecified atom stereocenters. The summed E-state index contributed by atoms with van der Waals surface area (Å²) in [5.74, 6) is 0.825. The Morgan fingerprint density at radius 3 is 2.57 bits per heavy atom. The topological polar surface area (TPSA) is 61.5 Å². The summed E-state index contributed by atoms with van der Waals surface area (Å²) in [6.45, 7) is 2.85. The number of H-pyrrole nitrogens is 1. The lowest BCUT2D eigenvalue weighted by Crippen LogP contribution is -2.48. The normalized spacial score (nSPS) is 14.2. The Bertz CT molecular complexity index is 963. The number of carbonyl (C=O) groups is 1. The zero-order chi connectivity index (χ0) is 19.5. The van der Waals surface area contributed by atoms with Crippen LogP contribution in [0.5, 0.6) is 5.75 Å². The zero-order valence-electron chi connectivity index (χ0n) is 15.6. The lowest BCUT2D eigenvalue weighted by molar-refractivity contribution is 0.0747. The van der Waals surface area contributed by atoms with Crippen molar-refractivity contribution >= 4 is 23.2 Å². The van der Waals surface area contributed by atoms with Crippen molar-refractivity contribution in [3.8, 4) is 17.0 Å². The average Bonchev–Trinajstić information content (AvgIpc) is 3.24. The number of aromatic nitrogens is 2. The first-order chi connectivity index (χ1) is 13.7. The summed E-state index contributed by atoms with van der Waals surface area (Å²) < 4.78 is 5.31. The molecule has 1 amide bonds. The third-order valence-electron chi connectivity index (χ3n) is 4.99. The Morgan fingerprint density at radius 2 is 1.86 bits per heavy atom. The van der Waals surface area contributed by atoms with Gasteiger partial charge in [-0.1, -0.05) is 29.8 Å². The second kappa shape index (κ2) is 7.94. The van der Waals surface area contributed by atoms with Crippen molar-refractivity contribution in [3.63, 3.8) is 0 Å². The maximum absolute atomic E-state index is 13.1. The van der Waals surface area contributed by atoms with Crippen LogP contribution in [-0.4, -0.2) is 54.3 Å². The fraction of sp³-hybridized carbons (Fsp3) is 0.238. The minimum absolute atomic E-state index is 0.0102. The van der Waals surface area contributed by atoms with E-state index in [9.17, 15) is 4.79 Å². The van der Waals surface area contributed by atoms with Gasteiger partial charge in [0.15, 0.2) is 0 Å². The van der Waals surface area contributed by atoms with Gasteiger partial charge in [0.05, 0.1) is 24.6 Å². The van der Waals surface area contributed by atoms with Crippen molar-refractivity contribution < 1.29 is 9.53 Å². The van der Waals surface area contributed by atoms with Gasteiger partial charge in [0.1, 0.15) is 5.75 Å². The summed E-state index contributed by atoms with van der Waals surface area (Å²) in [6.07, 6.45) is 1.60. The molecule has 144 valence electrons. The van der Waals surface area contributed by atoms with Gasteiger partial charge in [-0.3, -0.25) is 9.89 Å². The second-order valence-electron chi connectivity index (χ2n) is 6.65. The van der Waals surface area contributed by atoms with Crippen molar-refractivity contribution in [3.05, 3.63) is 65.3 Å². The molecule has 28 heavy (non-hydrogen) atoms. The molecule has 6 nitrogen and oxygen atoms in total. The standard InChI is InChI=1S/C21H21ClN4O2/c1-28-18-4-2-3-17(13-18)25-9-11-26(12-10-25)21(27)19-14-23-24-20(19)15-5-7-16(22)8-6-15/h2-8,13-14H,9-12H2,1H3,(H,23,24). The fourth-order valence-corrected chi connectivity index (χ4v) is 3.56. The minimum atomic E-state index is -0.0102. The van der Waals surface area contributed by atoms with E-state index in [4.69, 9.17) is 16.3 Å². The van der Waals surface area contributed by atoms with E-state index in [0.717, 1.165) is 35.8 Å². The molecule has 2 aromatic carbocycles. The molecule has 1 aliphatic heterocycles. The van der Waals surface area contributed by atoms with Crippen molar-refractivity contribution in [1.82, 2.24) is 15.1 Å². The fourth-order valence-electron chi connectivity index (χ4n) is 3.43. The zero-order valence-corrected chi connectivity index (χ0v) is 16.3. The van der Waals surface area contributed by atoms with Crippen LogP contribution >= 0.6 is 11.6 Å². The number of piperazine rings is 1. The Hall–Kier alpha value is -2.99. The molecule has 1 aromatic heterocycles. The van der Waals surface area contributed by atoms with E-state index >= 15 is 0 Å². The van der Waals surface area contributed by atoms with Crippen molar-refractivity contribution in [2.24, 2.45) is 0 Å². The molecule has 0 saturated carbocycles. The number of nitrogens with zero attached hydrogens (tertiary/aromatic N) is 3. The summed E-state index contributed by atoms with van der Waals surface area (Å²) in [6, 6.07) is 15.4. The number of hydrogen-bond acceptors (Lipinski definition) is 4. The van der Waals surface area contributed by atoms with E-state index in [-0.39, 0.29) is 5.91 Å². The number of amides is 1. The van der Waals surface area contributed by atoms with E-state index in [0.29, 0.717) is 23.7 Å². The highest BCUT2D eigenvalue weighted by Gasteiger charge is 2.25. The molecule has 0 radical (unpaired) electrons. The number of anilines is 1. The van der Waals surface area contributed by atoms with Gasteiger partial charge < -0.3 is 14.5 Å². The second-order valence-corrected chi connectivity index (χ2v) is 7.08. The summed E-state index contributed by atoms with van der Waals surface area (Å²) in [5.41, 5.74) is 3.30. The molecular formula is C21H21ClN4O2. The number of aromatic amines is 1. The SMILES string of the molecule is COc1cccc(N2CCN(C(=O)c3cn[nH]c3-c3ccc(Cl)cc3)CC2)c1. The monoisotopic (exact) mass is 396 g/mol. The van der Waals surface area contributed by atoms with Crippen LogP contribution in [-0.2, 0) is 0 Å². The molecule has 3 aromatic rings. The Morgan fingerprint density at radius 1 is 1.11 bits per heavy atom. The largest absolute Gasteiger partial charge is 0.497 e. The highest BCUT2D eigenvalue weighted by molar-refractivity contribution is 6.30. The van der Waals surface area contributed by atoms with E-state index < -0.39 is 0 Å². The summed E-state index contributed by atoms with van der Waals surface area (Å²) in [4.78, 5) is 17.2. The maximum Gasteiger partial charge on any atom is 0.257 e. The van der Waals surface area contributed by atoms with Crippen molar-refractivity contribution in [2.45, 2.75) is 0 Å². The number of rotatable bonds is 4. The Labute approximate surface area is 168 Å². The number of benzene rings is 2. The molecule has 1 saturated heterocycles. The number of methoxy groups -OCH3 is 1. The lowest BCUT2D eigenvalue weighted by Gasteiger charge is -2.36. The number of nitrogens with one attached hydrogen (secondary N) is 1. The average molecular weight is 397 g/mol. The molecule has 2 heterocycles. The van der Waals surface area contributed by atoms with Crippen LogP contribution in [0.2, 0.25) is 5.02 Å². The summed E-state index contributed by atoms with van der Waals surface area (Å²) in [7, 11) is 1.67. The number of hydrogen-bond donors (Lipinski definition) is 1. The molecule has 7 heteroatoms. The molecule has 1 N–H and O–H groups in total. The summed E-state index contributed by atoms with van der Waals surface area (Å²) in [5, 5.41) is 7.69. The predicted octanol–water partition coefficient (Wildman–Crippen LogP) is 3.70. The molecule has 4 rings (SSSR count). The first-order valence-electron chi connectivity index (χ1n) is 9.13. The lowest BCUT2D eigenvalue weighted by atomic mass is 10.1. The number of ether oxygens (including phenoxy) is 1. The van der Waals surface area contributed by atoms with Gasteiger partial charge in [-0.05, 0) is 24.3 Å². The number of halogens is 1. The predicted molar refractivity (Wildman–Crippen MR) is 110 cm³/mol. The van der Waals surface area contributed by atoms with Gasteiger partial charge in [-0.2, -0.15) is 5.10 Å². The van der Waals surface area contributed by atoms with Crippen LogP contribution in [0.25, 0.3) is 11.3 Å². The van der Waals surface area contributed by atoms with Crippen molar-refractivity contribution in [2.75, 3.05) is 38.2 Å². The van der Waals surface area contributed by atoms with E-state index in [1.54, 1.807) is 25.4 Å². The highest BCUT2D eigenvalue weighted by atomic mass is 35.5. The van der Waals surface area contributed by atoms with Crippen LogP contribution in [0.1, 0.15) is 10.4 Å².